The summed E-state index contributed by atoms with van der Waals surface area (Å²) in [5.74, 6) is 0.331. The second kappa shape index (κ2) is 4.33. The largest absolute Gasteiger partial charge is 0.326 e. The first-order valence-corrected chi connectivity index (χ1v) is 5.80. The highest BCUT2D eigenvalue weighted by molar-refractivity contribution is 9.10. The third-order valence-corrected chi connectivity index (χ3v) is 3.27. The van der Waals surface area contributed by atoms with Gasteiger partial charge in [-0.15, -0.1) is 0 Å². The van der Waals surface area contributed by atoms with Gasteiger partial charge in [-0.1, -0.05) is 22.0 Å². The number of rotatable bonds is 3. The number of benzene rings is 1. The van der Waals surface area contributed by atoms with Crippen molar-refractivity contribution < 1.29 is 4.79 Å². The number of carbonyl (C=O) groups is 1. The maximum Gasteiger partial charge on any atom is 0.227 e. The van der Waals surface area contributed by atoms with Crippen molar-refractivity contribution in [1.82, 2.24) is 0 Å². The molecule has 1 amide bonds. The highest BCUT2D eigenvalue weighted by Gasteiger charge is 2.29. The molecule has 2 rings (SSSR count). The Kier molecular flexibility index (Phi) is 3.07. The van der Waals surface area contributed by atoms with Gasteiger partial charge in [0.25, 0.3) is 0 Å². The summed E-state index contributed by atoms with van der Waals surface area (Å²) < 4.78 is 0.943. The second-order valence-corrected chi connectivity index (χ2v) is 4.59. The highest BCUT2D eigenvalue weighted by atomic mass is 79.9. The first kappa shape index (κ1) is 10.6. The van der Waals surface area contributed by atoms with Gasteiger partial charge < -0.3 is 11.1 Å². The summed E-state index contributed by atoms with van der Waals surface area (Å²) in [5.41, 5.74) is 7.41. The van der Waals surface area contributed by atoms with Gasteiger partial charge in [0, 0.05) is 28.2 Å². The SMILES string of the molecule is NCc1c(Br)cccc1NC(=O)C1CC1. The van der Waals surface area contributed by atoms with Crippen molar-refractivity contribution >= 4 is 27.5 Å². The molecule has 80 valence electrons. The number of hydrogen-bond acceptors (Lipinski definition) is 2. The monoisotopic (exact) mass is 268 g/mol. The topological polar surface area (TPSA) is 55.1 Å². The Morgan fingerprint density at radius 3 is 2.87 bits per heavy atom. The average Bonchev–Trinajstić information content (AvgIpc) is 3.01. The lowest BCUT2D eigenvalue weighted by atomic mass is 10.1. The summed E-state index contributed by atoms with van der Waals surface area (Å²) in [6.07, 6.45) is 2.02. The van der Waals surface area contributed by atoms with Gasteiger partial charge in [-0.3, -0.25) is 4.79 Å². The van der Waals surface area contributed by atoms with E-state index in [1.165, 1.54) is 0 Å². The zero-order valence-corrected chi connectivity index (χ0v) is 9.88. The van der Waals surface area contributed by atoms with E-state index in [1.54, 1.807) is 0 Å². The Hall–Kier alpha value is -0.870. The highest BCUT2D eigenvalue weighted by Crippen LogP contribution is 2.31. The molecule has 1 fully saturated rings. The Morgan fingerprint density at radius 2 is 2.27 bits per heavy atom. The third kappa shape index (κ3) is 2.38. The first-order valence-electron chi connectivity index (χ1n) is 5.00. The normalized spacial score (nSPS) is 15.1. The van der Waals surface area contributed by atoms with Gasteiger partial charge in [0.2, 0.25) is 5.91 Å². The fourth-order valence-electron chi connectivity index (χ4n) is 1.46. The van der Waals surface area contributed by atoms with Gasteiger partial charge in [0.05, 0.1) is 0 Å². The van der Waals surface area contributed by atoms with E-state index in [0.717, 1.165) is 28.6 Å². The van der Waals surface area contributed by atoms with Crippen molar-refractivity contribution in [1.29, 1.82) is 0 Å². The van der Waals surface area contributed by atoms with E-state index in [1.807, 2.05) is 18.2 Å². The molecule has 3 N–H and O–H groups in total. The lowest BCUT2D eigenvalue weighted by molar-refractivity contribution is -0.117. The number of nitrogens with two attached hydrogens (primary N) is 1. The molecule has 4 heteroatoms. The number of amides is 1. The first-order chi connectivity index (χ1) is 7.22. The standard InChI is InChI=1S/C11H13BrN2O/c12-9-2-1-3-10(8(9)6-13)14-11(15)7-4-5-7/h1-3,7H,4-6,13H2,(H,14,15). The van der Waals surface area contributed by atoms with Crippen LogP contribution in [0.4, 0.5) is 5.69 Å². The van der Waals surface area contributed by atoms with E-state index in [-0.39, 0.29) is 11.8 Å². The summed E-state index contributed by atoms with van der Waals surface area (Å²) in [4.78, 5) is 11.6. The predicted octanol–water partition coefficient (Wildman–Crippen LogP) is 2.26. The summed E-state index contributed by atoms with van der Waals surface area (Å²) >= 11 is 3.42. The molecule has 1 aliphatic rings. The molecule has 0 aliphatic heterocycles. The second-order valence-electron chi connectivity index (χ2n) is 3.73. The van der Waals surface area contributed by atoms with Crippen LogP contribution in [-0.2, 0) is 11.3 Å². The molecule has 0 aromatic heterocycles. The molecule has 1 saturated carbocycles. The van der Waals surface area contributed by atoms with Gasteiger partial charge in [0.15, 0.2) is 0 Å². The van der Waals surface area contributed by atoms with Crippen molar-refractivity contribution in [3.8, 4) is 0 Å². The molecule has 15 heavy (non-hydrogen) atoms. The van der Waals surface area contributed by atoms with Crippen LogP contribution in [0.1, 0.15) is 18.4 Å². The van der Waals surface area contributed by atoms with Gasteiger partial charge >= 0.3 is 0 Å². The van der Waals surface area contributed by atoms with E-state index >= 15 is 0 Å². The number of carbonyl (C=O) groups excluding carboxylic acids is 1. The van der Waals surface area contributed by atoms with Crippen LogP contribution >= 0.6 is 15.9 Å². The van der Waals surface area contributed by atoms with Gasteiger partial charge in [0.1, 0.15) is 0 Å². The average molecular weight is 269 g/mol. The lowest BCUT2D eigenvalue weighted by Gasteiger charge is -2.10. The fourth-order valence-corrected chi connectivity index (χ4v) is 1.99. The van der Waals surface area contributed by atoms with Crippen LogP contribution in [0.15, 0.2) is 22.7 Å². The van der Waals surface area contributed by atoms with Crippen LogP contribution in [0.3, 0.4) is 0 Å². The van der Waals surface area contributed by atoms with E-state index in [2.05, 4.69) is 21.2 Å². The Labute approximate surface area is 97.2 Å². The molecular formula is C11H13BrN2O. The molecule has 0 bridgehead atoms. The van der Waals surface area contributed by atoms with Crippen molar-refractivity contribution in [3.05, 3.63) is 28.2 Å². The van der Waals surface area contributed by atoms with Crippen molar-refractivity contribution in [3.63, 3.8) is 0 Å². The molecule has 0 radical (unpaired) electrons. The predicted molar refractivity (Wildman–Crippen MR) is 63.4 cm³/mol. The van der Waals surface area contributed by atoms with Crippen LogP contribution < -0.4 is 11.1 Å². The Morgan fingerprint density at radius 1 is 1.53 bits per heavy atom. The van der Waals surface area contributed by atoms with E-state index in [4.69, 9.17) is 5.73 Å². The molecule has 1 aromatic carbocycles. The van der Waals surface area contributed by atoms with Gasteiger partial charge in [-0.2, -0.15) is 0 Å². The minimum atomic E-state index is 0.114. The number of nitrogens with one attached hydrogen (secondary N) is 1. The maximum absolute atomic E-state index is 11.6. The maximum atomic E-state index is 11.6. The van der Waals surface area contributed by atoms with E-state index in [0.29, 0.717) is 6.54 Å². The van der Waals surface area contributed by atoms with Gasteiger partial charge in [-0.05, 0) is 25.0 Å². The third-order valence-electron chi connectivity index (χ3n) is 2.53. The van der Waals surface area contributed by atoms with Crippen molar-refractivity contribution in [2.75, 3.05) is 5.32 Å². The van der Waals surface area contributed by atoms with E-state index < -0.39 is 0 Å². The molecule has 0 heterocycles. The van der Waals surface area contributed by atoms with Crippen LogP contribution in [0.2, 0.25) is 0 Å². The van der Waals surface area contributed by atoms with Gasteiger partial charge in [-0.25, -0.2) is 0 Å². The zero-order chi connectivity index (χ0) is 10.8. The summed E-state index contributed by atoms with van der Waals surface area (Å²) in [6.45, 7) is 0.418. The molecule has 1 aromatic rings. The minimum Gasteiger partial charge on any atom is -0.326 e. The molecule has 1 aliphatic carbocycles. The van der Waals surface area contributed by atoms with Crippen molar-refractivity contribution in [2.24, 2.45) is 11.7 Å². The summed E-state index contributed by atoms with van der Waals surface area (Å²) in [5, 5.41) is 2.92. The molecule has 0 atom stereocenters. The lowest BCUT2D eigenvalue weighted by Crippen LogP contribution is -2.15. The molecule has 0 spiro atoms. The van der Waals surface area contributed by atoms with Crippen LogP contribution in [0.5, 0.6) is 0 Å². The molecule has 3 nitrogen and oxygen atoms in total. The minimum absolute atomic E-state index is 0.114. The number of anilines is 1. The van der Waals surface area contributed by atoms with E-state index in [9.17, 15) is 4.79 Å². The fraction of sp³-hybridized carbons (Fsp3) is 0.364. The number of halogens is 1. The molecular weight excluding hydrogens is 256 g/mol. The molecule has 0 unspecified atom stereocenters. The Bertz CT molecular complexity index is 388. The summed E-state index contributed by atoms with van der Waals surface area (Å²) in [7, 11) is 0. The quantitative estimate of drug-likeness (QED) is 0.884. The van der Waals surface area contributed by atoms with Crippen LogP contribution in [-0.4, -0.2) is 5.91 Å². The molecule has 0 saturated heterocycles. The van der Waals surface area contributed by atoms with Crippen molar-refractivity contribution in [2.45, 2.75) is 19.4 Å². The van der Waals surface area contributed by atoms with Crippen LogP contribution in [0, 0.1) is 5.92 Å². The Balaban J connectivity index is 2.19. The smallest absolute Gasteiger partial charge is 0.227 e. The summed E-state index contributed by atoms with van der Waals surface area (Å²) in [6, 6.07) is 5.70. The van der Waals surface area contributed by atoms with Crippen LogP contribution in [0.25, 0.3) is 0 Å². The zero-order valence-electron chi connectivity index (χ0n) is 8.29. The number of hydrogen-bond donors (Lipinski definition) is 2.